The lowest BCUT2D eigenvalue weighted by Crippen LogP contribution is -2.43. The molecule has 2 aliphatic heterocycles. The van der Waals surface area contributed by atoms with Crippen LogP contribution >= 0.6 is 0 Å². The fraction of sp³-hybridized carbons (Fsp3) is 0.647. The Morgan fingerprint density at radius 2 is 1.75 bits per heavy atom. The maximum Gasteiger partial charge on any atom is 0.0956 e. The van der Waals surface area contributed by atoms with Crippen LogP contribution in [0.2, 0.25) is 0 Å². The smallest absolute Gasteiger partial charge is 0.0956 e. The van der Waals surface area contributed by atoms with Crippen LogP contribution in [0.5, 0.6) is 0 Å². The van der Waals surface area contributed by atoms with Gasteiger partial charge in [-0.25, -0.2) is 0 Å². The molecule has 0 saturated carbocycles. The maximum absolute atomic E-state index is 6.44. The molecule has 1 N–H and O–H groups in total. The number of piperidine rings is 1. The molecule has 3 heteroatoms. The zero-order valence-corrected chi connectivity index (χ0v) is 12.3. The maximum atomic E-state index is 6.44. The summed E-state index contributed by atoms with van der Waals surface area (Å²) in [5.74, 6) is 0. The van der Waals surface area contributed by atoms with Gasteiger partial charge in [0.15, 0.2) is 0 Å². The fourth-order valence-corrected chi connectivity index (χ4v) is 3.47. The van der Waals surface area contributed by atoms with Crippen LogP contribution in [0, 0.1) is 0 Å². The van der Waals surface area contributed by atoms with Gasteiger partial charge in [0, 0.05) is 6.54 Å². The van der Waals surface area contributed by atoms with Crippen LogP contribution in [-0.4, -0.2) is 44.2 Å². The lowest BCUT2D eigenvalue weighted by molar-refractivity contribution is -0.0759. The fourth-order valence-electron chi connectivity index (χ4n) is 3.47. The average molecular weight is 274 g/mol. The van der Waals surface area contributed by atoms with Crippen molar-refractivity contribution in [3.63, 3.8) is 0 Å². The molecule has 0 aromatic heterocycles. The summed E-state index contributed by atoms with van der Waals surface area (Å²) in [5.41, 5.74) is 1.29. The zero-order valence-electron chi connectivity index (χ0n) is 12.3. The van der Waals surface area contributed by atoms with Crippen molar-refractivity contribution in [2.75, 3.05) is 39.3 Å². The van der Waals surface area contributed by atoms with Gasteiger partial charge in [-0.1, -0.05) is 30.3 Å². The molecule has 0 radical (unpaired) electrons. The summed E-state index contributed by atoms with van der Waals surface area (Å²) in [6.07, 6.45) is 4.87. The first kappa shape index (κ1) is 14.1. The molecule has 1 aromatic rings. The second-order valence-electron chi connectivity index (χ2n) is 6.01. The van der Waals surface area contributed by atoms with Crippen molar-refractivity contribution in [3.05, 3.63) is 35.9 Å². The highest BCUT2D eigenvalue weighted by Gasteiger charge is 2.34. The summed E-state index contributed by atoms with van der Waals surface area (Å²) in [6, 6.07) is 10.8. The quantitative estimate of drug-likeness (QED) is 0.892. The Hall–Kier alpha value is -0.900. The summed E-state index contributed by atoms with van der Waals surface area (Å²) in [5, 5.41) is 3.45. The van der Waals surface area contributed by atoms with Gasteiger partial charge in [0.05, 0.1) is 12.2 Å². The van der Waals surface area contributed by atoms with E-state index in [1.54, 1.807) is 0 Å². The van der Waals surface area contributed by atoms with Crippen LogP contribution in [-0.2, 0) is 10.3 Å². The van der Waals surface area contributed by atoms with E-state index in [4.69, 9.17) is 4.74 Å². The molecule has 2 heterocycles. The van der Waals surface area contributed by atoms with Crippen molar-refractivity contribution in [2.24, 2.45) is 0 Å². The Kier molecular flexibility index (Phi) is 4.71. The molecule has 0 bridgehead atoms. The molecule has 0 aliphatic carbocycles. The van der Waals surface area contributed by atoms with Crippen LogP contribution < -0.4 is 5.32 Å². The number of benzene rings is 1. The van der Waals surface area contributed by atoms with Gasteiger partial charge < -0.3 is 15.0 Å². The van der Waals surface area contributed by atoms with Crippen molar-refractivity contribution in [3.8, 4) is 0 Å². The van der Waals surface area contributed by atoms with E-state index in [1.165, 1.54) is 31.5 Å². The van der Waals surface area contributed by atoms with Gasteiger partial charge in [0.2, 0.25) is 0 Å². The predicted molar refractivity (Wildman–Crippen MR) is 81.8 cm³/mol. The molecule has 2 fully saturated rings. The summed E-state index contributed by atoms with van der Waals surface area (Å²) >= 11 is 0. The number of likely N-dealkylation sites (tertiary alicyclic amines) is 1. The minimum atomic E-state index is -0.0633. The van der Waals surface area contributed by atoms with E-state index in [1.807, 2.05) is 0 Å². The van der Waals surface area contributed by atoms with Crippen molar-refractivity contribution in [2.45, 2.75) is 31.3 Å². The standard InChI is InChI=1S/C17H26N2O/c1-2-6-16(7-3-1)17(8-10-18-11-9-17)20-15-14-19-12-4-5-13-19/h1-3,6-7,18H,4-5,8-15H2. The SMILES string of the molecule is c1ccc(C2(OCCN3CCCC3)CCNCC2)cc1. The molecule has 3 rings (SSSR count). The number of nitrogens with zero attached hydrogens (tertiary/aromatic N) is 1. The van der Waals surface area contributed by atoms with Gasteiger partial charge in [0.25, 0.3) is 0 Å². The highest BCUT2D eigenvalue weighted by atomic mass is 16.5. The van der Waals surface area contributed by atoms with E-state index in [-0.39, 0.29) is 5.60 Å². The number of rotatable bonds is 5. The molecule has 0 spiro atoms. The Morgan fingerprint density at radius 3 is 2.45 bits per heavy atom. The molecular weight excluding hydrogens is 248 g/mol. The van der Waals surface area contributed by atoms with Crippen LogP contribution in [0.25, 0.3) is 0 Å². The topological polar surface area (TPSA) is 24.5 Å². The third kappa shape index (κ3) is 3.22. The second kappa shape index (κ2) is 6.70. The van der Waals surface area contributed by atoms with Gasteiger partial charge >= 0.3 is 0 Å². The molecule has 1 aromatic carbocycles. The van der Waals surface area contributed by atoms with Crippen molar-refractivity contribution < 1.29 is 4.74 Å². The molecular formula is C17H26N2O. The highest BCUT2D eigenvalue weighted by molar-refractivity contribution is 5.23. The normalized spacial score (nSPS) is 23.0. The van der Waals surface area contributed by atoms with Crippen molar-refractivity contribution >= 4 is 0 Å². The molecule has 20 heavy (non-hydrogen) atoms. The minimum absolute atomic E-state index is 0.0633. The number of ether oxygens (including phenoxy) is 1. The largest absolute Gasteiger partial charge is 0.369 e. The first-order valence-electron chi connectivity index (χ1n) is 8.02. The number of hydrogen-bond donors (Lipinski definition) is 1. The zero-order chi connectivity index (χ0) is 13.7. The molecule has 2 saturated heterocycles. The number of hydrogen-bond acceptors (Lipinski definition) is 3. The average Bonchev–Trinajstić information content (AvgIpc) is 3.02. The van der Waals surface area contributed by atoms with Gasteiger partial charge in [-0.2, -0.15) is 0 Å². The first-order chi connectivity index (χ1) is 9.89. The van der Waals surface area contributed by atoms with Crippen molar-refractivity contribution in [1.82, 2.24) is 10.2 Å². The molecule has 2 aliphatic rings. The third-order valence-electron chi connectivity index (χ3n) is 4.70. The minimum Gasteiger partial charge on any atom is -0.369 e. The van der Waals surface area contributed by atoms with Crippen LogP contribution in [0.1, 0.15) is 31.2 Å². The van der Waals surface area contributed by atoms with E-state index < -0.39 is 0 Å². The molecule has 3 nitrogen and oxygen atoms in total. The Balaban J connectivity index is 1.63. The van der Waals surface area contributed by atoms with Crippen molar-refractivity contribution in [1.29, 1.82) is 0 Å². The molecule has 0 amide bonds. The summed E-state index contributed by atoms with van der Waals surface area (Å²) in [6.45, 7) is 6.56. The van der Waals surface area contributed by atoms with Crippen LogP contribution in [0.4, 0.5) is 0 Å². The lowest BCUT2D eigenvalue weighted by atomic mass is 9.85. The van der Waals surface area contributed by atoms with E-state index in [0.29, 0.717) is 0 Å². The Labute approximate surface area is 122 Å². The Morgan fingerprint density at radius 1 is 1.05 bits per heavy atom. The predicted octanol–water partition coefficient (Wildman–Crippen LogP) is 2.38. The van der Waals surface area contributed by atoms with Gasteiger partial charge in [-0.15, -0.1) is 0 Å². The van der Waals surface area contributed by atoms with Crippen LogP contribution in [0.3, 0.4) is 0 Å². The van der Waals surface area contributed by atoms with E-state index >= 15 is 0 Å². The third-order valence-corrected chi connectivity index (χ3v) is 4.70. The summed E-state index contributed by atoms with van der Waals surface area (Å²) in [4.78, 5) is 2.53. The highest BCUT2D eigenvalue weighted by Crippen LogP contribution is 2.34. The van der Waals surface area contributed by atoms with E-state index in [0.717, 1.165) is 39.1 Å². The monoisotopic (exact) mass is 274 g/mol. The Bertz CT molecular complexity index is 395. The number of nitrogens with one attached hydrogen (secondary N) is 1. The second-order valence-corrected chi connectivity index (χ2v) is 6.01. The van der Waals surface area contributed by atoms with Crippen LogP contribution in [0.15, 0.2) is 30.3 Å². The van der Waals surface area contributed by atoms with Gasteiger partial charge in [-0.05, 0) is 57.4 Å². The lowest BCUT2D eigenvalue weighted by Gasteiger charge is -2.38. The first-order valence-corrected chi connectivity index (χ1v) is 8.02. The summed E-state index contributed by atoms with van der Waals surface area (Å²) < 4.78 is 6.44. The van der Waals surface area contributed by atoms with Gasteiger partial charge in [0.1, 0.15) is 0 Å². The van der Waals surface area contributed by atoms with Gasteiger partial charge in [-0.3, -0.25) is 0 Å². The molecule has 0 unspecified atom stereocenters. The summed E-state index contributed by atoms with van der Waals surface area (Å²) in [7, 11) is 0. The molecule has 0 atom stereocenters. The molecule has 110 valence electrons. The van der Waals surface area contributed by atoms with E-state index in [9.17, 15) is 0 Å². The van der Waals surface area contributed by atoms with E-state index in [2.05, 4.69) is 40.5 Å².